The van der Waals surface area contributed by atoms with Gasteiger partial charge in [0.2, 0.25) is 0 Å². The second-order valence-electron chi connectivity index (χ2n) is 3.07. The second-order valence-corrected chi connectivity index (χ2v) is 3.07. The number of likely N-dealkylation sites (N-methyl/N-ethyl adjacent to an activating group) is 1. The maximum Gasteiger partial charge on any atom is 0.129 e. The molecule has 0 fully saturated rings. The molecule has 1 atom stereocenters. The van der Waals surface area contributed by atoms with E-state index in [0.717, 1.165) is 6.07 Å². The van der Waals surface area contributed by atoms with Crippen molar-refractivity contribution in [3.8, 4) is 0 Å². The van der Waals surface area contributed by atoms with Crippen LogP contribution in [0.2, 0.25) is 0 Å². The third-order valence-corrected chi connectivity index (χ3v) is 2.11. The number of halogens is 2. The van der Waals surface area contributed by atoms with E-state index in [0.29, 0.717) is 12.0 Å². The van der Waals surface area contributed by atoms with Gasteiger partial charge in [-0.05, 0) is 25.1 Å². The van der Waals surface area contributed by atoms with Crippen LogP contribution in [0.15, 0.2) is 30.9 Å². The van der Waals surface area contributed by atoms with Gasteiger partial charge in [-0.2, -0.15) is 0 Å². The van der Waals surface area contributed by atoms with E-state index in [-0.39, 0.29) is 6.04 Å². The van der Waals surface area contributed by atoms with E-state index in [9.17, 15) is 8.78 Å². The van der Waals surface area contributed by atoms with Crippen molar-refractivity contribution in [3.05, 3.63) is 48.1 Å². The predicted molar refractivity (Wildman–Crippen MR) is 53.1 cm³/mol. The minimum absolute atomic E-state index is 0.00922. The summed E-state index contributed by atoms with van der Waals surface area (Å²) in [7, 11) is 1.77. The summed E-state index contributed by atoms with van der Waals surface area (Å²) < 4.78 is 25.8. The summed E-state index contributed by atoms with van der Waals surface area (Å²) in [6.45, 7) is 3.62. The molecule has 0 saturated carbocycles. The maximum atomic E-state index is 13.2. The summed E-state index contributed by atoms with van der Waals surface area (Å²) in [6.07, 6.45) is 2.18. The molecule has 1 rings (SSSR count). The first-order chi connectivity index (χ1) is 6.67. The lowest BCUT2D eigenvalue weighted by molar-refractivity contribution is 0.560. The highest BCUT2D eigenvalue weighted by atomic mass is 19.1. The lowest BCUT2D eigenvalue weighted by Gasteiger charge is -2.11. The average molecular weight is 197 g/mol. The molecule has 14 heavy (non-hydrogen) atoms. The summed E-state index contributed by atoms with van der Waals surface area (Å²) >= 11 is 0. The van der Waals surface area contributed by atoms with Crippen molar-refractivity contribution < 1.29 is 8.78 Å². The summed E-state index contributed by atoms with van der Waals surface area (Å²) in [5, 5.41) is 2.96. The van der Waals surface area contributed by atoms with Gasteiger partial charge < -0.3 is 5.32 Å². The standard InChI is InChI=1S/C11H13F2N/c1-3-10(14-2)6-8-4-5-9(12)7-11(8)13/h3-5,7,10,14H,1,6H2,2H3. The van der Waals surface area contributed by atoms with E-state index in [4.69, 9.17) is 0 Å². The van der Waals surface area contributed by atoms with Crippen LogP contribution in [0.3, 0.4) is 0 Å². The highest BCUT2D eigenvalue weighted by Gasteiger charge is 2.07. The Morgan fingerprint density at radius 2 is 2.21 bits per heavy atom. The van der Waals surface area contributed by atoms with Crippen LogP contribution >= 0.6 is 0 Å². The van der Waals surface area contributed by atoms with E-state index < -0.39 is 11.6 Å². The molecule has 0 heterocycles. The van der Waals surface area contributed by atoms with Crippen LogP contribution < -0.4 is 5.32 Å². The van der Waals surface area contributed by atoms with Gasteiger partial charge >= 0.3 is 0 Å². The average Bonchev–Trinajstić information content (AvgIpc) is 2.17. The Morgan fingerprint density at radius 3 is 2.71 bits per heavy atom. The van der Waals surface area contributed by atoms with Crippen LogP contribution in [-0.4, -0.2) is 13.1 Å². The zero-order valence-corrected chi connectivity index (χ0v) is 8.06. The molecule has 0 aromatic heterocycles. The van der Waals surface area contributed by atoms with Crippen molar-refractivity contribution in [2.24, 2.45) is 0 Å². The molecular weight excluding hydrogens is 184 g/mol. The van der Waals surface area contributed by atoms with Crippen LogP contribution in [0.1, 0.15) is 5.56 Å². The van der Waals surface area contributed by atoms with E-state index in [1.807, 2.05) is 0 Å². The van der Waals surface area contributed by atoms with Crippen LogP contribution in [-0.2, 0) is 6.42 Å². The minimum Gasteiger partial charge on any atom is -0.313 e. The van der Waals surface area contributed by atoms with Gasteiger partial charge in [0.1, 0.15) is 11.6 Å². The highest BCUT2D eigenvalue weighted by Crippen LogP contribution is 2.11. The molecule has 1 aromatic carbocycles. The smallest absolute Gasteiger partial charge is 0.129 e. The summed E-state index contributed by atoms with van der Waals surface area (Å²) in [5.41, 5.74) is 0.491. The molecular formula is C11H13F2N. The molecule has 0 aliphatic heterocycles. The Hall–Kier alpha value is -1.22. The number of hydrogen-bond donors (Lipinski definition) is 1. The Labute approximate surface area is 82.4 Å². The van der Waals surface area contributed by atoms with E-state index >= 15 is 0 Å². The first-order valence-corrected chi connectivity index (χ1v) is 4.41. The topological polar surface area (TPSA) is 12.0 Å². The number of rotatable bonds is 4. The largest absolute Gasteiger partial charge is 0.313 e. The molecule has 1 unspecified atom stereocenters. The SMILES string of the molecule is C=CC(Cc1ccc(F)cc1F)NC. The third kappa shape index (κ3) is 2.64. The van der Waals surface area contributed by atoms with Gasteiger partial charge in [0.25, 0.3) is 0 Å². The zero-order valence-electron chi connectivity index (χ0n) is 8.06. The summed E-state index contributed by atoms with van der Waals surface area (Å²) in [5.74, 6) is -1.06. The van der Waals surface area contributed by atoms with Gasteiger partial charge in [0, 0.05) is 12.1 Å². The van der Waals surface area contributed by atoms with Crippen molar-refractivity contribution in [1.82, 2.24) is 5.32 Å². The normalized spacial score (nSPS) is 12.5. The van der Waals surface area contributed by atoms with Crippen LogP contribution in [0.4, 0.5) is 8.78 Å². The second kappa shape index (κ2) is 4.86. The van der Waals surface area contributed by atoms with Crippen molar-refractivity contribution in [1.29, 1.82) is 0 Å². The molecule has 0 bridgehead atoms. The van der Waals surface area contributed by atoms with Crippen molar-refractivity contribution in [2.75, 3.05) is 7.05 Å². The fourth-order valence-corrected chi connectivity index (χ4v) is 1.23. The fourth-order valence-electron chi connectivity index (χ4n) is 1.23. The Balaban J connectivity index is 2.80. The quantitative estimate of drug-likeness (QED) is 0.730. The molecule has 0 aliphatic rings. The minimum atomic E-state index is -0.550. The van der Waals surface area contributed by atoms with Crippen molar-refractivity contribution >= 4 is 0 Å². The highest BCUT2D eigenvalue weighted by molar-refractivity contribution is 5.20. The molecule has 0 saturated heterocycles. The fraction of sp³-hybridized carbons (Fsp3) is 0.273. The van der Waals surface area contributed by atoms with Crippen LogP contribution in [0.5, 0.6) is 0 Å². The van der Waals surface area contributed by atoms with Gasteiger partial charge in [0.15, 0.2) is 0 Å². The maximum absolute atomic E-state index is 13.2. The molecule has 1 nitrogen and oxygen atoms in total. The van der Waals surface area contributed by atoms with Gasteiger partial charge in [0.05, 0.1) is 0 Å². The molecule has 1 aromatic rings. The molecule has 76 valence electrons. The molecule has 3 heteroatoms. The number of nitrogens with one attached hydrogen (secondary N) is 1. The monoisotopic (exact) mass is 197 g/mol. The first-order valence-electron chi connectivity index (χ1n) is 4.41. The number of hydrogen-bond acceptors (Lipinski definition) is 1. The molecule has 1 N–H and O–H groups in total. The van der Waals surface area contributed by atoms with Gasteiger partial charge in [-0.25, -0.2) is 8.78 Å². The van der Waals surface area contributed by atoms with Crippen molar-refractivity contribution in [2.45, 2.75) is 12.5 Å². The zero-order chi connectivity index (χ0) is 10.6. The van der Waals surface area contributed by atoms with E-state index in [1.54, 1.807) is 13.1 Å². The Morgan fingerprint density at radius 1 is 1.50 bits per heavy atom. The van der Waals surface area contributed by atoms with Gasteiger partial charge in [-0.15, -0.1) is 6.58 Å². The van der Waals surface area contributed by atoms with Crippen LogP contribution in [0, 0.1) is 11.6 Å². The Kier molecular flexibility index (Phi) is 3.77. The van der Waals surface area contributed by atoms with E-state index in [1.165, 1.54) is 12.1 Å². The Bertz CT molecular complexity index is 323. The lowest BCUT2D eigenvalue weighted by atomic mass is 10.1. The van der Waals surface area contributed by atoms with E-state index in [2.05, 4.69) is 11.9 Å². The predicted octanol–water partition coefficient (Wildman–Crippen LogP) is 2.28. The molecule has 0 spiro atoms. The number of benzene rings is 1. The third-order valence-electron chi connectivity index (χ3n) is 2.11. The van der Waals surface area contributed by atoms with Crippen LogP contribution in [0.25, 0.3) is 0 Å². The summed E-state index contributed by atoms with van der Waals surface area (Å²) in [4.78, 5) is 0. The molecule has 0 amide bonds. The molecule has 0 radical (unpaired) electrons. The van der Waals surface area contributed by atoms with Gasteiger partial charge in [-0.1, -0.05) is 12.1 Å². The van der Waals surface area contributed by atoms with Crippen molar-refractivity contribution in [3.63, 3.8) is 0 Å². The van der Waals surface area contributed by atoms with Gasteiger partial charge in [-0.3, -0.25) is 0 Å². The summed E-state index contributed by atoms with van der Waals surface area (Å²) in [6, 6.07) is 3.62. The lowest BCUT2D eigenvalue weighted by Crippen LogP contribution is -2.25. The molecule has 0 aliphatic carbocycles. The first kappa shape index (κ1) is 10.9.